The van der Waals surface area contributed by atoms with Crippen LogP contribution in [0.5, 0.6) is 0 Å². The van der Waals surface area contributed by atoms with E-state index >= 15 is 0 Å². The van der Waals surface area contributed by atoms with Crippen LogP contribution in [0.2, 0.25) is 0 Å². The minimum absolute atomic E-state index is 0. The molecule has 2 aromatic heterocycles. The largest absolute Gasteiger partial charge is 0.412 e. The van der Waals surface area contributed by atoms with Gasteiger partial charge in [-0.05, 0) is 25.0 Å². The van der Waals surface area contributed by atoms with Crippen molar-refractivity contribution in [2.75, 3.05) is 62.2 Å². The Balaban J connectivity index is 0.000000735. The molecule has 4 heterocycles. The summed E-state index contributed by atoms with van der Waals surface area (Å²) in [6, 6.07) is 17.4. The Bertz CT molecular complexity index is 1180. The lowest BCUT2D eigenvalue weighted by Gasteiger charge is -2.26. The summed E-state index contributed by atoms with van der Waals surface area (Å²) in [7, 11) is 0. The average molecular weight is 711 g/mol. The van der Waals surface area contributed by atoms with Gasteiger partial charge in [0.25, 0.3) is 0 Å². The first kappa shape index (κ1) is 41.3. The zero-order valence-electron chi connectivity index (χ0n) is 24.6. The number of nitrogens with one attached hydrogen (secondary N) is 2. The molecule has 4 aromatic rings. The van der Waals surface area contributed by atoms with Crippen LogP contribution in [0.1, 0.15) is 33.6 Å². The van der Waals surface area contributed by atoms with Gasteiger partial charge < -0.3 is 25.9 Å². The van der Waals surface area contributed by atoms with Gasteiger partial charge in [0, 0.05) is 76.0 Å². The summed E-state index contributed by atoms with van der Waals surface area (Å²) in [5.41, 5.74) is 7.65. The maximum Gasteiger partial charge on any atom is 0.185 e. The Hall–Kier alpha value is -1.66. The molecule has 2 aliphatic rings. The number of halogens is 4. The number of piperazine rings is 2. The normalized spacial score (nSPS) is 13.9. The molecule has 0 spiro atoms. The van der Waals surface area contributed by atoms with Crippen LogP contribution in [0.25, 0.3) is 0 Å². The van der Waals surface area contributed by atoms with E-state index in [0.29, 0.717) is 0 Å². The summed E-state index contributed by atoms with van der Waals surface area (Å²) in [5.74, 6) is 0. The Morgan fingerprint density at radius 2 is 0.907 bits per heavy atom. The maximum absolute atomic E-state index is 4.77. The number of hydrogen-bond acceptors (Lipinski definition) is 8. The smallest absolute Gasteiger partial charge is 0.185 e. The predicted octanol–water partition coefficient (Wildman–Crippen LogP) is 5.77. The summed E-state index contributed by atoms with van der Waals surface area (Å²) in [6.07, 6.45) is 1.87. The van der Waals surface area contributed by atoms with Crippen LogP contribution < -0.4 is 20.4 Å². The lowest BCUT2D eigenvalue weighted by molar-refractivity contribution is 0.588. The molecule has 13 heteroatoms. The van der Waals surface area contributed by atoms with E-state index in [1.165, 1.54) is 43.9 Å². The van der Waals surface area contributed by atoms with E-state index in [2.05, 4.69) is 93.6 Å². The van der Waals surface area contributed by atoms with E-state index in [1.807, 2.05) is 0 Å². The molecule has 0 atom stereocenters. The van der Waals surface area contributed by atoms with Gasteiger partial charge in [-0.25, -0.2) is 9.97 Å². The third-order valence-electron chi connectivity index (χ3n) is 6.87. The number of aromatic nitrogens is 2. The van der Waals surface area contributed by atoms with Gasteiger partial charge in [0.1, 0.15) is 0 Å². The first-order valence-electron chi connectivity index (χ1n) is 13.5. The van der Waals surface area contributed by atoms with Crippen LogP contribution >= 0.6 is 72.3 Å². The van der Waals surface area contributed by atoms with E-state index in [-0.39, 0.29) is 55.1 Å². The maximum atomic E-state index is 4.77. The molecule has 0 radical (unpaired) electrons. The highest BCUT2D eigenvalue weighted by molar-refractivity contribution is 7.14. The number of nitrogens with zero attached hydrogens (tertiary/aromatic N) is 4. The van der Waals surface area contributed by atoms with Gasteiger partial charge in [0.05, 0.1) is 11.4 Å². The molecule has 0 amide bonds. The third-order valence-corrected chi connectivity index (χ3v) is 8.77. The molecule has 2 saturated heterocycles. The lowest BCUT2D eigenvalue weighted by atomic mass is 10.1. The molecule has 43 heavy (non-hydrogen) atoms. The highest BCUT2D eigenvalue weighted by Gasteiger charge is 2.15. The topological polar surface area (TPSA) is 87.8 Å². The van der Waals surface area contributed by atoms with Crippen molar-refractivity contribution < 1.29 is 5.48 Å². The van der Waals surface area contributed by atoms with Crippen molar-refractivity contribution in [2.45, 2.75) is 26.7 Å². The van der Waals surface area contributed by atoms with Crippen LogP contribution in [0.3, 0.4) is 0 Å². The quantitative estimate of drug-likeness (QED) is 0.265. The fourth-order valence-electron chi connectivity index (χ4n) is 4.59. The van der Waals surface area contributed by atoms with Crippen molar-refractivity contribution >= 4 is 82.6 Å². The Labute approximate surface area is 288 Å². The van der Waals surface area contributed by atoms with Crippen molar-refractivity contribution in [3.8, 4) is 0 Å². The van der Waals surface area contributed by atoms with Gasteiger partial charge in [0.2, 0.25) is 0 Å². The van der Waals surface area contributed by atoms with Crippen molar-refractivity contribution in [3.63, 3.8) is 0 Å². The molecule has 4 N–H and O–H groups in total. The van der Waals surface area contributed by atoms with Gasteiger partial charge >= 0.3 is 0 Å². The molecule has 2 fully saturated rings. The van der Waals surface area contributed by atoms with Gasteiger partial charge in [-0.1, -0.05) is 59.7 Å². The van der Waals surface area contributed by atoms with Crippen molar-refractivity contribution in [2.24, 2.45) is 0 Å². The van der Waals surface area contributed by atoms with Crippen LogP contribution in [0.4, 0.5) is 10.3 Å². The predicted molar refractivity (Wildman–Crippen MR) is 195 cm³/mol. The molecular formula is C30H44Cl4N6OS2. The minimum Gasteiger partial charge on any atom is -0.412 e. The summed E-state index contributed by atoms with van der Waals surface area (Å²) in [6.45, 7) is 12.8. The van der Waals surface area contributed by atoms with Gasteiger partial charge in [-0.3, -0.25) is 0 Å². The first-order valence-corrected chi connectivity index (χ1v) is 15.3. The minimum atomic E-state index is 0. The molecule has 7 nitrogen and oxygen atoms in total. The zero-order valence-corrected chi connectivity index (χ0v) is 29.5. The molecule has 2 aromatic carbocycles. The molecule has 0 aliphatic carbocycles. The second kappa shape index (κ2) is 21.1. The fourth-order valence-corrected chi connectivity index (χ4v) is 6.35. The monoisotopic (exact) mass is 708 g/mol. The van der Waals surface area contributed by atoms with E-state index in [1.54, 1.807) is 22.7 Å². The zero-order chi connectivity index (χ0) is 26.2. The fraction of sp³-hybridized carbons (Fsp3) is 0.400. The molecule has 0 unspecified atom stereocenters. The molecule has 6 rings (SSSR count). The second-order valence-corrected chi connectivity index (χ2v) is 11.7. The number of benzene rings is 2. The van der Waals surface area contributed by atoms with Crippen LogP contribution in [-0.2, 0) is 12.8 Å². The van der Waals surface area contributed by atoms with Crippen molar-refractivity contribution in [3.05, 3.63) is 92.9 Å². The summed E-state index contributed by atoms with van der Waals surface area (Å²) in [4.78, 5) is 14.3. The number of hydrogen-bond donors (Lipinski definition) is 2. The Morgan fingerprint density at radius 1 is 0.581 bits per heavy atom. The average Bonchev–Trinajstić information content (AvgIpc) is 3.63. The van der Waals surface area contributed by atoms with E-state index in [4.69, 9.17) is 9.97 Å². The van der Waals surface area contributed by atoms with E-state index in [9.17, 15) is 0 Å². The molecule has 240 valence electrons. The van der Waals surface area contributed by atoms with Gasteiger partial charge in [-0.2, -0.15) is 0 Å². The molecule has 0 saturated carbocycles. The van der Waals surface area contributed by atoms with Gasteiger partial charge in [0.15, 0.2) is 10.3 Å². The summed E-state index contributed by atoms with van der Waals surface area (Å²) in [5, 5.41) is 13.5. The van der Waals surface area contributed by atoms with E-state index in [0.717, 1.165) is 65.2 Å². The Kier molecular flexibility index (Phi) is 20.3. The van der Waals surface area contributed by atoms with Crippen molar-refractivity contribution in [1.29, 1.82) is 0 Å². The Morgan fingerprint density at radius 3 is 1.23 bits per heavy atom. The highest BCUT2D eigenvalue weighted by Crippen LogP contribution is 2.23. The van der Waals surface area contributed by atoms with Crippen LogP contribution in [0.15, 0.2) is 59.3 Å². The van der Waals surface area contributed by atoms with Crippen LogP contribution in [-0.4, -0.2) is 67.8 Å². The number of rotatable bonds is 6. The van der Waals surface area contributed by atoms with Gasteiger partial charge in [-0.15, -0.1) is 72.3 Å². The van der Waals surface area contributed by atoms with E-state index < -0.39 is 0 Å². The number of aryl methyl sites for hydroxylation is 2. The summed E-state index contributed by atoms with van der Waals surface area (Å²) < 4.78 is 0. The SMILES string of the molecule is Cc1ccc(Cc2csc(N3CCNCC3)n2)cc1.Cc1ccc(Cc2csc(N3CCNCC3)n2)cc1.Cl.Cl.Cl.Cl.O. The first-order chi connectivity index (χ1) is 18.6. The lowest BCUT2D eigenvalue weighted by Crippen LogP contribution is -2.43. The number of thiazole rings is 2. The third kappa shape index (κ3) is 12.7. The molecule has 0 bridgehead atoms. The van der Waals surface area contributed by atoms with Crippen molar-refractivity contribution in [1.82, 2.24) is 20.6 Å². The standard InChI is InChI=1S/2C15H19N3S.4ClH.H2O/c2*1-12-2-4-13(5-3-12)10-14-11-19-15(17-14)18-8-6-16-7-9-18;;;;;/h2*2-5,11,16H,6-10H2,1H3;4*1H;1H2. The molecular weight excluding hydrogens is 666 g/mol. The summed E-state index contributed by atoms with van der Waals surface area (Å²) >= 11 is 3.53. The highest BCUT2D eigenvalue weighted by atomic mass is 35.5. The molecule has 2 aliphatic heterocycles. The number of anilines is 2. The van der Waals surface area contributed by atoms with Crippen LogP contribution in [0, 0.1) is 13.8 Å². The second-order valence-electron chi connectivity index (χ2n) is 10.0.